The fraction of sp³-hybridized carbons (Fsp3) is 0.533. The van der Waals surface area contributed by atoms with Gasteiger partial charge >= 0.3 is 5.97 Å². The maximum Gasteiger partial charge on any atom is 0.344 e. The summed E-state index contributed by atoms with van der Waals surface area (Å²) in [7, 11) is 1.49. The van der Waals surface area contributed by atoms with Gasteiger partial charge in [-0.05, 0) is 33.8 Å². The lowest BCUT2D eigenvalue weighted by atomic mass is 10.1. The number of benzene rings is 1. The molecule has 0 bridgehead atoms. The first-order chi connectivity index (χ1) is 9.64. The van der Waals surface area contributed by atoms with Crippen LogP contribution in [-0.4, -0.2) is 29.8 Å². The van der Waals surface area contributed by atoms with Crippen LogP contribution in [0.25, 0.3) is 0 Å². The molecule has 0 aliphatic rings. The van der Waals surface area contributed by atoms with Crippen LogP contribution < -0.4 is 14.8 Å². The Balaban J connectivity index is 3.13. The molecule has 0 radical (unpaired) electrons. The van der Waals surface area contributed by atoms with Crippen LogP contribution in [-0.2, 0) is 11.3 Å². The lowest BCUT2D eigenvalue weighted by Gasteiger charge is -2.23. The number of carbonyl (C=O) groups is 1. The number of hydrogen-bond acceptors (Lipinski definition) is 4. The largest absolute Gasteiger partial charge is 0.493 e. The molecule has 0 saturated heterocycles. The molecule has 118 valence electrons. The van der Waals surface area contributed by atoms with Crippen LogP contribution in [0.15, 0.2) is 12.1 Å². The Bertz CT molecular complexity index is 511. The zero-order valence-electron chi connectivity index (χ0n) is 13.0. The van der Waals surface area contributed by atoms with Crippen molar-refractivity contribution in [2.45, 2.75) is 45.9 Å². The minimum absolute atomic E-state index is 0.0920. The highest BCUT2D eigenvalue weighted by Gasteiger charge is 2.20. The van der Waals surface area contributed by atoms with Crippen molar-refractivity contribution in [1.29, 1.82) is 0 Å². The molecule has 1 atom stereocenters. The van der Waals surface area contributed by atoms with Gasteiger partial charge in [0, 0.05) is 28.7 Å². The van der Waals surface area contributed by atoms with Gasteiger partial charge in [-0.25, -0.2) is 4.79 Å². The van der Waals surface area contributed by atoms with Gasteiger partial charge in [-0.2, -0.15) is 0 Å². The number of ether oxygens (including phenoxy) is 2. The van der Waals surface area contributed by atoms with Gasteiger partial charge in [0.25, 0.3) is 0 Å². The fourth-order valence-corrected chi connectivity index (χ4v) is 1.86. The van der Waals surface area contributed by atoms with E-state index < -0.39 is 12.1 Å². The Kier molecular flexibility index (Phi) is 5.87. The molecular weight excluding hydrogens is 294 g/mol. The van der Waals surface area contributed by atoms with Crippen LogP contribution in [0.4, 0.5) is 0 Å². The van der Waals surface area contributed by atoms with Crippen molar-refractivity contribution in [3.8, 4) is 11.5 Å². The molecule has 0 aliphatic heterocycles. The van der Waals surface area contributed by atoms with E-state index in [9.17, 15) is 4.79 Å². The van der Waals surface area contributed by atoms with E-state index in [-0.39, 0.29) is 5.54 Å². The molecular formula is C15H22ClNO4. The predicted molar refractivity (Wildman–Crippen MR) is 82.3 cm³/mol. The van der Waals surface area contributed by atoms with E-state index in [4.69, 9.17) is 26.2 Å². The smallest absolute Gasteiger partial charge is 0.344 e. The molecule has 1 aromatic rings. The van der Waals surface area contributed by atoms with Crippen molar-refractivity contribution in [1.82, 2.24) is 5.32 Å². The first-order valence-corrected chi connectivity index (χ1v) is 7.02. The normalized spacial score (nSPS) is 12.9. The van der Waals surface area contributed by atoms with Crippen LogP contribution in [0.3, 0.4) is 0 Å². The number of methoxy groups -OCH3 is 1. The average molecular weight is 316 g/mol. The van der Waals surface area contributed by atoms with E-state index in [0.717, 1.165) is 5.56 Å². The van der Waals surface area contributed by atoms with Crippen molar-refractivity contribution < 1.29 is 19.4 Å². The second kappa shape index (κ2) is 7.00. The van der Waals surface area contributed by atoms with Crippen LogP contribution >= 0.6 is 11.6 Å². The fourth-order valence-electron chi connectivity index (χ4n) is 1.63. The van der Waals surface area contributed by atoms with E-state index in [0.29, 0.717) is 23.1 Å². The van der Waals surface area contributed by atoms with Crippen molar-refractivity contribution >= 4 is 17.6 Å². The van der Waals surface area contributed by atoms with Gasteiger partial charge in [-0.3, -0.25) is 0 Å². The van der Waals surface area contributed by atoms with Crippen LogP contribution in [0.5, 0.6) is 11.5 Å². The summed E-state index contributed by atoms with van der Waals surface area (Å²) in [6.45, 7) is 8.07. The summed E-state index contributed by atoms with van der Waals surface area (Å²) < 4.78 is 10.8. The first kappa shape index (κ1) is 17.6. The second-order valence-electron chi connectivity index (χ2n) is 5.80. The number of halogens is 1. The third kappa shape index (κ3) is 5.44. The van der Waals surface area contributed by atoms with E-state index in [1.165, 1.54) is 14.0 Å². The summed E-state index contributed by atoms with van der Waals surface area (Å²) in [5.41, 5.74) is 0.660. The Morgan fingerprint density at radius 2 is 2.05 bits per heavy atom. The van der Waals surface area contributed by atoms with Crippen LogP contribution in [0.2, 0.25) is 5.02 Å². The minimum Gasteiger partial charge on any atom is -0.493 e. The second-order valence-corrected chi connectivity index (χ2v) is 6.23. The highest BCUT2D eigenvalue weighted by molar-refractivity contribution is 6.30. The van der Waals surface area contributed by atoms with Gasteiger partial charge in [-0.1, -0.05) is 11.6 Å². The molecule has 0 spiro atoms. The zero-order chi connectivity index (χ0) is 16.2. The van der Waals surface area contributed by atoms with E-state index in [1.54, 1.807) is 12.1 Å². The molecule has 1 unspecified atom stereocenters. The molecule has 0 saturated carbocycles. The van der Waals surface area contributed by atoms with Gasteiger partial charge in [0.1, 0.15) is 0 Å². The minimum atomic E-state index is -1.04. The van der Waals surface area contributed by atoms with Crippen molar-refractivity contribution in [3.05, 3.63) is 22.7 Å². The molecule has 0 amide bonds. The molecule has 21 heavy (non-hydrogen) atoms. The third-order valence-corrected chi connectivity index (χ3v) is 2.99. The Morgan fingerprint density at radius 3 is 2.52 bits per heavy atom. The maximum atomic E-state index is 11.0. The maximum absolute atomic E-state index is 11.0. The summed E-state index contributed by atoms with van der Waals surface area (Å²) in [5, 5.41) is 12.8. The topological polar surface area (TPSA) is 67.8 Å². The molecule has 6 heteroatoms. The van der Waals surface area contributed by atoms with Gasteiger partial charge in [0.2, 0.25) is 0 Å². The average Bonchev–Trinajstić information content (AvgIpc) is 2.37. The zero-order valence-corrected chi connectivity index (χ0v) is 13.7. The van der Waals surface area contributed by atoms with E-state index in [2.05, 4.69) is 5.32 Å². The lowest BCUT2D eigenvalue weighted by molar-refractivity contribution is -0.144. The molecule has 2 N–H and O–H groups in total. The number of carboxylic acids is 1. The molecule has 0 fully saturated rings. The number of carboxylic acid groups (broad SMARTS) is 1. The van der Waals surface area contributed by atoms with Gasteiger partial charge in [-0.15, -0.1) is 0 Å². The SMILES string of the molecule is COc1cc(Cl)cc(CNC(C)(C)C)c1OC(C)C(=O)O. The van der Waals surface area contributed by atoms with Gasteiger partial charge < -0.3 is 19.9 Å². The summed E-state index contributed by atoms with van der Waals surface area (Å²) in [6, 6.07) is 3.35. The van der Waals surface area contributed by atoms with Crippen LogP contribution in [0.1, 0.15) is 33.3 Å². The third-order valence-electron chi connectivity index (χ3n) is 2.77. The summed E-state index contributed by atoms with van der Waals surface area (Å²) in [6.07, 6.45) is -0.978. The van der Waals surface area contributed by atoms with E-state index >= 15 is 0 Å². The first-order valence-electron chi connectivity index (χ1n) is 6.65. The number of hydrogen-bond donors (Lipinski definition) is 2. The van der Waals surface area contributed by atoms with E-state index in [1.807, 2.05) is 20.8 Å². The van der Waals surface area contributed by atoms with Crippen molar-refractivity contribution in [2.75, 3.05) is 7.11 Å². The number of rotatable bonds is 6. The highest BCUT2D eigenvalue weighted by atomic mass is 35.5. The van der Waals surface area contributed by atoms with Gasteiger partial charge in [0.05, 0.1) is 7.11 Å². The molecule has 0 aromatic heterocycles. The highest BCUT2D eigenvalue weighted by Crippen LogP contribution is 2.35. The quantitative estimate of drug-likeness (QED) is 0.844. The predicted octanol–water partition coefficient (Wildman–Crippen LogP) is 3.09. The Labute approximate surface area is 130 Å². The number of aliphatic carboxylic acids is 1. The van der Waals surface area contributed by atoms with Crippen LogP contribution in [0, 0.1) is 0 Å². The molecule has 5 nitrogen and oxygen atoms in total. The summed E-state index contributed by atoms with van der Waals surface area (Å²) in [5.74, 6) is -0.225. The Morgan fingerprint density at radius 1 is 1.43 bits per heavy atom. The molecule has 0 aliphatic carbocycles. The molecule has 1 aromatic carbocycles. The lowest BCUT2D eigenvalue weighted by Crippen LogP contribution is -2.35. The van der Waals surface area contributed by atoms with Gasteiger partial charge in [0.15, 0.2) is 17.6 Å². The number of nitrogens with one attached hydrogen (secondary N) is 1. The van der Waals surface area contributed by atoms with Crippen molar-refractivity contribution in [3.63, 3.8) is 0 Å². The summed E-state index contributed by atoms with van der Waals surface area (Å²) >= 11 is 6.07. The standard InChI is InChI=1S/C15H22ClNO4/c1-9(14(18)19)21-13-10(8-17-15(2,3)4)6-11(16)7-12(13)20-5/h6-7,9,17H,8H2,1-5H3,(H,18,19). The molecule has 1 rings (SSSR count). The summed E-state index contributed by atoms with van der Waals surface area (Å²) in [4.78, 5) is 11.0. The van der Waals surface area contributed by atoms with Crippen molar-refractivity contribution in [2.24, 2.45) is 0 Å². The molecule has 0 heterocycles. The Hall–Kier alpha value is -1.46. The monoisotopic (exact) mass is 315 g/mol.